The van der Waals surface area contributed by atoms with Crippen molar-refractivity contribution in [3.05, 3.63) is 54.1 Å². The molecular weight excluding hydrogens is 414 g/mol. The highest BCUT2D eigenvalue weighted by Gasteiger charge is 2.40. The number of amidine groups is 1. The fraction of sp³-hybridized carbons (Fsp3) is 0.273. The molecule has 2 amide bonds. The molecular formula is C22H25N5O3S. The zero-order valence-corrected chi connectivity index (χ0v) is 18.5. The number of carbonyl (C=O) groups excluding carboxylic acids is 2. The van der Waals surface area contributed by atoms with Crippen molar-refractivity contribution in [1.82, 2.24) is 0 Å². The molecule has 2 aromatic rings. The van der Waals surface area contributed by atoms with Gasteiger partial charge in [0.2, 0.25) is 11.8 Å². The van der Waals surface area contributed by atoms with Gasteiger partial charge in [0, 0.05) is 26.2 Å². The van der Waals surface area contributed by atoms with Crippen LogP contribution in [-0.4, -0.2) is 49.1 Å². The first-order valence-electron chi connectivity index (χ1n) is 9.79. The molecule has 162 valence electrons. The van der Waals surface area contributed by atoms with Crippen LogP contribution >= 0.6 is 11.8 Å². The number of amides is 2. The number of nitrogens with two attached hydrogens (primary N) is 1. The number of hydrogen-bond acceptors (Lipinski definition) is 7. The summed E-state index contributed by atoms with van der Waals surface area (Å²) < 4.78 is 5.40. The van der Waals surface area contributed by atoms with Gasteiger partial charge in [-0.15, -0.1) is 5.10 Å². The maximum Gasteiger partial charge on any atom is 0.247 e. The number of imide groups is 1. The second kappa shape index (κ2) is 10.1. The third-order valence-corrected chi connectivity index (χ3v) is 5.52. The summed E-state index contributed by atoms with van der Waals surface area (Å²) in [5, 5.41) is 7.43. The molecule has 1 unspecified atom stereocenters. The number of rotatable bonds is 7. The molecule has 1 fully saturated rings. The van der Waals surface area contributed by atoms with Crippen LogP contribution in [0.1, 0.15) is 18.9 Å². The Morgan fingerprint density at radius 1 is 1.19 bits per heavy atom. The second-order valence-electron chi connectivity index (χ2n) is 6.97. The fourth-order valence-corrected chi connectivity index (χ4v) is 3.82. The first-order chi connectivity index (χ1) is 14.9. The van der Waals surface area contributed by atoms with E-state index < -0.39 is 5.25 Å². The first-order valence-corrected chi connectivity index (χ1v) is 10.7. The number of ether oxygens (including phenoxy) is 1. The van der Waals surface area contributed by atoms with Crippen LogP contribution in [0.3, 0.4) is 0 Å². The number of benzene rings is 2. The van der Waals surface area contributed by atoms with Crippen molar-refractivity contribution < 1.29 is 14.3 Å². The summed E-state index contributed by atoms with van der Waals surface area (Å²) in [7, 11) is 3.94. The third kappa shape index (κ3) is 5.64. The van der Waals surface area contributed by atoms with Crippen LogP contribution in [0.25, 0.3) is 0 Å². The Kier molecular flexibility index (Phi) is 7.30. The molecule has 9 heteroatoms. The summed E-state index contributed by atoms with van der Waals surface area (Å²) >= 11 is 1.04. The van der Waals surface area contributed by atoms with Gasteiger partial charge in [-0.05, 0) is 48.9 Å². The lowest BCUT2D eigenvalue weighted by Gasteiger charge is -2.15. The molecule has 8 nitrogen and oxygen atoms in total. The highest BCUT2D eigenvalue weighted by Crippen LogP contribution is 2.30. The van der Waals surface area contributed by atoms with Gasteiger partial charge in [-0.1, -0.05) is 23.9 Å². The molecule has 1 heterocycles. The Hall–Kier alpha value is -3.33. The molecule has 2 aromatic carbocycles. The van der Waals surface area contributed by atoms with Crippen molar-refractivity contribution in [2.24, 2.45) is 15.9 Å². The van der Waals surface area contributed by atoms with E-state index in [0.29, 0.717) is 18.0 Å². The monoisotopic (exact) mass is 439 g/mol. The molecule has 0 radical (unpaired) electrons. The van der Waals surface area contributed by atoms with Crippen LogP contribution in [0.15, 0.2) is 58.7 Å². The van der Waals surface area contributed by atoms with E-state index in [1.807, 2.05) is 50.2 Å². The summed E-state index contributed by atoms with van der Waals surface area (Å²) in [6.07, 6.45) is 1.64. The smallest absolute Gasteiger partial charge is 0.247 e. The van der Waals surface area contributed by atoms with Gasteiger partial charge in [-0.2, -0.15) is 5.10 Å². The van der Waals surface area contributed by atoms with Crippen LogP contribution in [0.4, 0.5) is 11.4 Å². The van der Waals surface area contributed by atoms with E-state index in [-0.39, 0.29) is 23.4 Å². The van der Waals surface area contributed by atoms with Gasteiger partial charge in [0.1, 0.15) is 11.0 Å². The zero-order valence-electron chi connectivity index (χ0n) is 17.7. The molecule has 0 saturated carbocycles. The standard InChI is InChI=1S/C22H25N5O3S/c1-4-30-18-11-9-17(10-12-18)27-20(28)13-19(21(27)29)31-22(23)25-24-14-15-5-7-16(8-6-15)26(2)3/h5-12,14,19H,4,13H2,1-3H3,(H2,23,25)/b24-14+. The highest BCUT2D eigenvalue weighted by molar-refractivity contribution is 8.14. The quantitative estimate of drug-likeness (QED) is 0.308. The van der Waals surface area contributed by atoms with Gasteiger partial charge in [-0.3, -0.25) is 9.59 Å². The van der Waals surface area contributed by atoms with Crippen molar-refractivity contribution in [1.29, 1.82) is 0 Å². The summed E-state index contributed by atoms with van der Waals surface area (Å²) in [5.74, 6) is 0.0892. The van der Waals surface area contributed by atoms with Gasteiger partial charge in [0.05, 0.1) is 18.5 Å². The number of hydrogen-bond donors (Lipinski definition) is 1. The minimum absolute atomic E-state index is 0.0582. The zero-order chi connectivity index (χ0) is 22.4. The number of thioether (sulfide) groups is 1. The molecule has 1 aliphatic rings. The van der Waals surface area contributed by atoms with Gasteiger partial charge in [0.15, 0.2) is 5.17 Å². The largest absolute Gasteiger partial charge is 0.494 e. The molecule has 0 aliphatic carbocycles. The van der Waals surface area contributed by atoms with Crippen LogP contribution in [-0.2, 0) is 9.59 Å². The van der Waals surface area contributed by atoms with Crippen LogP contribution in [0.5, 0.6) is 5.75 Å². The third-order valence-electron chi connectivity index (χ3n) is 4.55. The number of nitrogens with zero attached hydrogens (tertiary/aromatic N) is 4. The van der Waals surface area contributed by atoms with Crippen molar-refractivity contribution in [2.75, 3.05) is 30.5 Å². The van der Waals surface area contributed by atoms with Gasteiger partial charge in [0.25, 0.3) is 0 Å². The lowest BCUT2D eigenvalue weighted by molar-refractivity contribution is -0.121. The van der Waals surface area contributed by atoms with E-state index in [1.54, 1.807) is 30.5 Å². The maximum atomic E-state index is 12.7. The molecule has 1 aliphatic heterocycles. The maximum absolute atomic E-state index is 12.7. The van der Waals surface area contributed by atoms with Crippen molar-refractivity contribution in [3.8, 4) is 5.75 Å². The first kappa shape index (κ1) is 22.4. The molecule has 1 atom stereocenters. The molecule has 3 rings (SSSR count). The second-order valence-corrected chi connectivity index (χ2v) is 8.20. The Bertz CT molecular complexity index is 987. The lowest BCUT2D eigenvalue weighted by Crippen LogP contribution is -2.31. The molecule has 1 saturated heterocycles. The summed E-state index contributed by atoms with van der Waals surface area (Å²) in [5.41, 5.74) is 8.39. The Morgan fingerprint density at radius 2 is 1.87 bits per heavy atom. The number of carbonyl (C=O) groups is 2. The molecule has 31 heavy (non-hydrogen) atoms. The Balaban J connectivity index is 1.61. The van der Waals surface area contributed by atoms with E-state index >= 15 is 0 Å². The topological polar surface area (TPSA) is 101 Å². The van der Waals surface area contributed by atoms with Crippen LogP contribution in [0, 0.1) is 0 Å². The number of anilines is 2. The molecule has 0 aromatic heterocycles. The van der Waals surface area contributed by atoms with Gasteiger partial charge in [-0.25, -0.2) is 4.90 Å². The summed E-state index contributed by atoms with van der Waals surface area (Å²) in [6.45, 7) is 2.43. The lowest BCUT2D eigenvalue weighted by atomic mass is 10.2. The molecule has 0 spiro atoms. The van der Waals surface area contributed by atoms with E-state index in [1.165, 1.54) is 4.90 Å². The van der Waals surface area contributed by atoms with Crippen LogP contribution < -0.4 is 20.3 Å². The minimum atomic E-state index is -0.627. The van der Waals surface area contributed by atoms with Gasteiger partial charge < -0.3 is 15.4 Å². The Morgan fingerprint density at radius 3 is 2.48 bits per heavy atom. The minimum Gasteiger partial charge on any atom is -0.494 e. The fourth-order valence-electron chi connectivity index (χ4n) is 3.01. The van der Waals surface area contributed by atoms with E-state index in [0.717, 1.165) is 23.0 Å². The predicted octanol–water partition coefficient (Wildman–Crippen LogP) is 2.87. The van der Waals surface area contributed by atoms with E-state index in [4.69, 9.17) is 10.5 Å². The van der Waals surface area contributed by atoms with Crippen molar-refractivity contribution in [2.45, 2.75) is 18.6 Å². The van der Waals surface area contributed by atoms with E-state index in [9.17, 15) is 9.59 Å². The Labute approximate surface area is 185 Å². The van der Waals surface area contributed by atoms with Crippen molar-refractivity contribution >= 4 is 46.3 Å². The normalized spacial score (nSPS) is 16.9. The average Bonchev–Trinajstić information content (AvgIpc) is 3.02. The summed E-state index contributed by atoms with van der Waals surface area (Å²) in [6, 6.07) is 14.6. The van der Waals surface area contributed by atoms with Gasteiger partial charge >= 0.3 is 0 Å². The van der Waals surface area contributed by atoms with Crippen LogP contribution in [0.2, 0.25) is 0 Å². The summed E-state index contributed by atoms with van der Waals surface area (Å²) in [4.78, 5) is 28.3. The average molecular weight is 440 g/mol. The highest BCUT2D eigenvalue weighted by atomic mass is 32.2. The molecule has 2 N–H and O–H groups in total. The van der Waals surface area contributed by atoms with Crippen molar-refractivity contribution in [3.63, 3.8) is 0 Å². The van der Waals surface area contributed by atoms with E-state index in [2.05, 4.69) is 10.2 Å². The molecule has 0 bridgehead atoms. The SMILES string of the molecule is CCOc1ccc(N2C(=O)CC(S/C(N)=N/N=C/c3ccc(N(C)C)cc3)C2=O)cc1. The predicted molar refractivity (Wildman–Crippen MR) is 126 cm³/mol.